The first kappa shape index (κ1) is 12.3. The predicted octanol–water partition coefficient (Wildman–Crippen LogP) is 2.46. The number of rotatable bonds is 5. The molecular weight excluding hydrogens is 260 g/mol. The Labute approximate surface area is 98.1 Å². The molecule has 1 unspecified atom stereocenters. The van der Waals surface area contributed by atoms with E-state index in [2.05, 4.69) is 15.9 Å². The van der Waals surface area contributed by atoms with Crippen molar-refractivity contribution in [1.82, 2.24) is 0 Å². The molecule has 0 aliphatic carbocycles. The van der Waals surface area contributed by atoms with Gasteiger partial charge in [0.2, 0.25) is 0 Å². The fraction of sp³-hybridized carbons (Fsp3) is 0.455. The molecule has 0 aliphatic rings. The highest BCUT2D eigenvalue weighted by atomic mass is 79.9. The lowest BCUT2D eigenvalue weighted by Crippen LogP contribution is -2.12. The smallest absolute Gasteiger partial charge is 0.175 e. The summed E-state index contributed by atoms with van der Waals surface area (Å²) in [4.78, 5) is 0. The lowest BCUT2D eigenvalue weighted by Gasteiger charge is -2.14. The van der Waals surface area contributed by atoms with Crippen molar-refractivity contribution in [3.8, 4) is 11.5 Å². The topological polar surface area (TPSA) is 38.7 Å². The van der Waals surface area contributed by atoms with Crippen LogP contribution in [0.15, 0.2) is 22.7 Å². The Bertz CT molecular complexity index is 315. The van der Waals surface area contributed by atoms with Crippen LogP contribution in [0.5, 0.6) is 11.5 Å². The number of methoxy groups -OCH3 is 1. The SMILES string of the molecule is COc1cccc(Br)c1OCC(C)CO. The van der Waals surface area contributed by atoms with E-state index >= 15 is 0 Å². The molecule has 3 nitrogen and oxygen atoms in total. The number of aliphatic hydroxyl groups is 1. The van der Waals surface area contributed by atoms with Crippen molar-refractivity contribution in [3.05, 3.63) is 22.7 Å². The van der Waals surface area contributed by atoms with Crippen LogP contribution in [0.25, 0.3) is 0 Å². The zero-order valence-electron chi connectivity index (χ0n) is 8.87. The molecule has 0 saturated carbocycles. The molecule has 0 aliphatic heterocycles. The Balaban J connectivity index is 2.74. The first-order valence-corrected chi connectivity index (χ1v) is 5.54. The highest BCUT2D eigenvalue weighted by Crippen LogP contribution is 2.34. The van der Waals surface area contributed by atoms with Gasteiger partial charge in [-0.25, -0.2) is 0 Å². The van der Waals surface area contributed by atoms with Crippen LogP contribution in [0.3, 0.4) is 0 Å². The molecule has 84 valence electrons. The Hall–Kier alpha value is -0.740. The van der Waals surface area contributed by atoms with E-state index in [1.54, 1.807) is 7.11 Å². The van der Waals surface area contributed by atoms with Gasteiger partial charge in [0.05, 0.1) is 18.2 Å². The maximum Gasteiger partial charge on any atom is 0.175 e. The number of hydrogen-bond acceptors (Lipinski definition) is 3. The third-order valence-corrected chi connectivity index (χ3v) is 2.60. The van der Waals surface area contributed by atoms with Crippen molar-refractivity contribution in [1.29, 1.82) is 0 Å². The van der Waals surface area contributed by atoms with Crippen LogP contribution in [-0.4, -0.2) is 25.4 Å². The summed E-state index contributed by atoms with van der Waals surface area (Å²) in [5, 5.41) is 8.89. The van der Waals surface area contributed by atoms with Crippen LogP contribution >= 0.6 is 15.9 Å². The molecule has 0 heterocycles. The Morgan fingerprint density at radius 2 is 2.20 bits per heavy atom. The molecule has 1 aromatic carbocycles. The van der Waals surface area contributed by atoms with E-state index in [0.717, 1.165) is 4.47 Å². The number of ether oxygens (including phenoxy) is 2. The summed E-state index contributed by atoms with van der Waals surface area (Å²) >= 11 is 3.39. The highest BCUT2D eigenvalue weighted by molar-refractivity contribution is 9.10. The molecular formula is C11H15BrO3. The van der Waals surface area contributed by atoms with Crippen molar-refractivity contribution in [2.75, 3.05) is 20.3 Å². The van der Waals surface area contributed by atoms with Crippen LogP contribution in [0.2, 0.25) is 0 Å². The summed E-state index contributed by atoms with van der Waals surface area (Å²) in [7, 11) is 1.60. The average Bonchev–Trinajstić information content (AvgIpc) is 2.26. The van der Waals surface area contributed by atoms with Gasteiger partial charge in [-0.15, -0.1) is 0 Å². The number of halogens is 1. The van der Waals surface area contributed by atoms with Gasteiger partial charge in [0.15, 0.2) is 11.5 Å². The molecule has 0 spiro atoms. The minimum absolute atomic E-state index is 0.113. The van der Waals surface area contributed by atoms with Gasteiger partial charge in [-0.1, -0.05) is 13.0 Å². The van der Waals surface area contributed by atoms with E-state index in [-0.39, 0.29) is 12.5 Å². The summed E-state index contributed by atoms with van der Waals surface area (Å²) in [6, 6.07) is 5.61. The maximum atomic E-state index is 8.89. The minimum atomic E-state index is 0.113. The van der Waals surface area contributed by atoms with Gasteiger partial charge in [-0.2, -0.15) is 0 Å². The summed E-state index contributed by atoms with van der Waals surface area (Å²) in [6.07, 6.45) is 0. The van der Waals surface area contributed by atoms with Gasteiger partial charge in [0.1, 0.15) is 0 Å². The minimum Gasteiger partial charge on any atom is -0.493 e. The monoisotopic (exact) mass is 274 g/mol. The van der Waals surface area contributed by atoms with Crippen LogP contribution in [0, 0.1) is 5.92 Å². The van der Waals surface area contributed by atoms with Gasteiger partial charge < -0.3 is 14.6 Å². The molecule has 0 fully saturated rings. The van der Waals surface area contributed by atoms with Gasteiger partial charge in [0, 0.05) is 12.5 Å². The zero-order chi connectivity index (χ0) is 11.3. The van der Waals surface area contributed by atoms with E-state index in [1.807, 2.05) is 25.1 Å². The van der Waals surface area contributed by atoms with Crippen LogP contribution < -0.4 is 9.47 Å². The third-order valence-electron chi connectivity index (χ3n) is 1.97. The van der Waals surface area contributed by atoms with Crippen LogP contribution in [0.1, 0.15) is 6.92 Å². The van der Waals surface area contributed by atoms with Crippen molar-refractivity contribution in [2.45, 2.75) is 6.92 Å². The molecule has 1 atom stereocenters. The maximum absolute atomic E-state index is 8.89. The predicted molar refractivity (Wildman–Crippen MR) is 62.4 cm³/mol. The van der Waals surface area contributed by atoms with Gasteiger partial charge in [-0.05, 0) is 28.1 Å². The molecule has 0 aromatic heterocycles. The van der Waals surface area contributed by atoms with Gasteiger partial charge in [0.25, 0.3) is 0 Å². The van der Waals surface area contributed by atoms with E-state index < -0.39 is 0 Å². The molecule has 0 amide bonds. The lowest BCUT2D eigenvalue weighted by molar-refractivity contribution is 0.170. The van der Waals surface area contributed by atoms with E-state index in [4.69, 9.17) is 14.6 Å². The number of hydrogen-bond donors (Lipinski definition) is 1. The highest BCUT2D eigenvalue weighted by Gasteiger charge is 2.10. The second-order valence-electron chi connectivity index (χ2n) is 3.37. The standard InChI is InChI=1S/C11H15BrO3/c1-8(6-13)7-15-11-9(12)4-3-5-10(11)14-2/h3-5,8,13H,6-7H2,1-2H3. The van der Waals surface area contributed by atoms with Crippen molar-refractivity contribution in [3.63, 3.8) is 0 Å². The van der Waals surface area contributed by atoms with Crippen LogP contribution in [-0.2, 0) is 0 Å². The second kappa shape index (κ2) is 5.98. The van der Waals surface area contributed by atoms with Gasteiger partial charge in [-0.3, -0.25) is 0 Å². The van der Waals surface area contributed by atoms with Crippen molar-refractivity contribution in [2.24, 2.45) is 5.92 Å². The molecule has 0 radical (unpaired) electrons. The molecule has 1 rings (SSSR count). The fourth-order valence-electron chi connectivity index (χ4n) is 1.07. The summed E-state index contributed by atoms with van der Waals surface area (Å²) in [5.41, 5.74) is 0. The van der Waals surface area contributed by atoms with E-state index in [9.17, 15) is 0 Å². The summed E-state index contributed by atoms with van der Waals surface area (Å²) < 4.78 is 11.6. The van der Waals surface area contributed by atoms with Crippen molar-refractivity contribution < 1.29 is 14.6 Å². The fourth-order valence-corrected chi connectivity index (χ4v) is 1.53. The van der Waals surface area contributed by atoms with Gasteiger partial charge >= 0.3 is 0 Å². The first-order valence-electron chi connectivity index (χ1n) is 4.75. The summed E-state index contributed by atoms with van der Waals surface area (Å²) in [5.74, 6) is 1.48. The molecule has 0 saturated heterocycles. The normalized spacial score (nSPS) is 12.3. The lowest BCUT2D eigenvalue weighted by atomic mass is 10.2. The Morgan fingerprint density at radius 3 is 2.80 bits per heavy atom. The van der Waals surface area contributed by atoms with Crippen LogP contribution in [0.4, 0.5) is 0 Å². The average molecular weight is 275 g/mol. The Morgan fingerprint density at radius 1 is 1.47 bits per heavy atom. The van der Waals surface area contributed by atoms with E-state index in [0.29, 0.717) is 18.1 Å². The van der Waals surface area contributed by atoms with Crippen molar-refractivity contribution >= 4 is 15.9 Å². The molecule has 1 aromatic rings. The third kappa shape index (κ3) is 3.39. The largest absolute Gasteiger partial charge is 0.493 e. The number of aliphatic hydroxyl groups excluding tert-OH is 1. The first-order chi connectivity index (χ1) is 7.19. The number of para-hydroxylation sites is 1. The number of benzene rings is 1. The second-order valence-corrected chi connectivity index (χ2v) is 4.22. The molecule has 4 heteroatoms. The van der Waals surface area contributed by atoms with E-state index in [1.165, 1.54) is 0 Å². The molecule has 1 N–H and O–H groups in total. The molecule has 15 heavy (non-hydrogen) atoms. The quantitative estimate of drug-likeness (QED) is 0.897. The summed E-state index contributed by atoms with van der Waals surface area (Å²) in [6.45, 7) is 2.51. The Kier molecular flexibility index (Phi) is 4.91. The zero-order valence-corrected chi connectivity index (χ0v) is 10.5. The molecule has 0 bridgehead atoms.